The molecule has 3 atom stereocenters. The zero-order valence-electron chi connectivity index (χ0n) is 13.9. The summed E-state index contributed by atoms with van der Waals surface area (Å²) in [4.78, 5) is 5.47. The molecule has 0 aromatic carbocycles. The predicted molar refractivity (Wildman–Crippen MR) is 87.2 cm³/mol. The zero-order chi connectivity index (χ0) is 14.4. The molecule has 1 N–H and O–H groups in total. The van der Waals surface area contributed by atoms with Crippen LogP contribution in [0.4, 0.5) is 0 Å². The number of rotatable bonds is 7. The smallest absolute Gasteiger partial charge is 0.0235 e. The molecule has 2 saturated heterocycles. The quantitative estimate of drug-likeness (QED) is 0.774. The normalized spacial score (nSPS) is 28.6. The van der Waals surface area contributed by atoms with Gasteiger partial charge in [-0.15, -0.1) is 0 Å². The topological polar surface area (TPSA) is 18.5 Å². The number of likely N-dealkylation sites (tertiary alicyclic amines) is 2. The standard InChI is InChI=1S/C17H35N3/c1-4-15(3)17(18-5-2)14-19-12-9-16(13-19)20-10-7-6-8-11-20/h15-18H,4-14H2,1-3H3. The average Bonchev–Trinajstić information content (AvgIpc) is 2.95. The lowest BCUT2D eigenvalue weighted by Gasteiger charge is -2.33. The number of hydrogen-bond acceptors (Lipinski definition) is 3. The van der Waals surface area contributed by atoms with Gasteiger partial charge in [0.2, 0.25) is 0 Å². The minimum Gasteiger partial charge on any atom is -0.313 e. The molecule has 20 heavy (non-hydrogen) atoms. The Bertz CT molecular complexity index is 263. The van der Waals surface area contributed by atoms with E-state index in [1.165, 1.54) is 64.8 Å². The predicted octanol–water partition coefficient (Wildman–Crippen LogP) is 2.57. The van der Waals surface area contributed by atoms with Crippen LogP contribution in [0.2, 0.25) is 0 Å². The van der Waals surface area contributed by atoms with Gasteiger partial charge in [0.15, 0.2) is 0 Å². The molecular formula is C17H35N3. The van der Waals surface area contributed by atoms with Crippen LogP contribution in [0.1, 0.15) is 52.9 Å². The summed E-state index contributed by atoms with van der Waals surface area (Å²) in [7, 11) is 0. The van der Waals surface area contributed by atoms with Crippen molar-refractivity contribution in [1.29, 1.82) is 0 Å². The first-order chi connectivity index (χ1) is 9.74. The number of likely N-dealkylation sites (N-methyl/N-ethyl adjacent to an activating group) is 1. The van der Waals surface area contributed by atoms with Crippen LogP contribution >= 0.6 is 0 Å². The van der Waals surface area contributed by atoms with Gasteiger partial charge in [0.25, 0.3) is 0 Å². The highest BCUT2D eigenvalue weighted by molar-refractivity contribution is 4.87. The summed E-state index contributed by atoms with van der Waals surface area (Å²) in [5.74, 6) is 0.781. The van der Waals surface area contributed by atoms with Crippen molar-refractivity contribution < 1.29 is 0 Å². The first-order valence-electron chi connectivity index (χ1n) is 8.94. The second-order valence-electron chi connectivity index (χ2n) is 6.85. The van der Waals surface area contributed by atoms with Gasteiger partial charge < -0.3 is 10.2 Å². The summed E-state index contributed by atoms with van der Waals surface area (Å²) in [5, 5.41) is 3.70. The molecular weight excluding hydrogens is 246 g/mol. The summed E-state index contributed by atoms with van der Waals surface area (Å²) in [6.45, 7) is 14.6. The highest BCUT2D eigenvalue weighted by atomic mass is 15.3. The summed E-state index contributed by atoms with van der Waals surface area (Å²) in [5.41, 5.74) is 0. The third-order valence-electron chi connectivity index (χ3n) is 5.41. The van der Waals surface area contributed by atoms with E-state index in [0.717, 1.165) is 18.5 Å². The van der Waals surface area contributed by atoms with Crippen molar-refractivity contribution in [3.8, 4) is 0 Å². The molecule has 0 radical (unpaired) electrons. The third-order valence-corrected chi connectivity index (χ3v) is 5.41. The Hall–Kier alpha value is -0.120. The van der Waals surface area contributed by atoms with Crippen LogP contribution in [-0.2, 0) is 0 Å². The van der Waals surface area contributed by atoms with Gasteiger partial charge in [0.05, 0.1) is 0 Å². The fraction of sp³-hybridized carbons (Fsp3) is 1.00. The van der Waals surface area contributed by atoms with Gasteiger partial charge in [-0.3, -0.25) is 4.90 Å². The Morgan fingerprint density at radius 2 is 1.85 bits per heavy atom. The zero-order valence-corrected chi connectivity index (χ0v) is 13.9. The van der Waals surface area contributed by atoms with Gasteiger partial charge in [0.1, 0.15) is 0 Å². The summed E-state index contributed by atoms with van der Waals surface area (Å²) in [6, 6.07) is 1.51. The lowest BCUT2D eigenvalue weighted by atomic mass is 9.98. The van der Waals surface area contributed by atoms with Crippen molar-refractivity contribution >= 4 is 0 Å². The maximum atomic E-state index is 3.70. The Morgan fingerprint density at radius 3 is 2.50 bits per heavy atom. The molecule has 0 aliphatic carbocycles. The van der Waals surface area contributed by atoms with Gasteiger partial charge in [0, 0.05) is 25.2 Å². The van der Waals surface area contributed by atoms with Gasteiger partial charge in [-0.1, -0.05) is 33.6 Å². The van der Waals surface area contributed by atoms with Crippen LogP contribution in [0.3, 0.4) is 0 Å². The van der Waals surface area contributed by atoms with E-state index in [1.54, 1.807) is 0 Å². The van der Waals surface area contributed by atoms with E-state index in [0.29, 0.717) is 6.04 Å². The summed E-state index contributed by atoms with van der Waals surface area (Å²) >= 11 is 0. The molecule has 2 fully saturated rings. The van der Waals surface area contributed by atoms with Crippen LogP contribution in [-0.4, -0.2) is 61.2 Å². The van der Waals surface area contributed by atoms with Gasteiger partial charge >= 0.3 is 0 Å². The van der Waals surface area contributed by atoms with Gasteiger partial charge in [-0.05, 0) is 51.4 Å². The molecule has 118 valence electrons. The van der Waals surface area contributed by atoms with E-state index in [4.69, 9.17) is 0 Å². The molecule has 0 aromatic rings. The van der Waals surface area contributed by atoms with Crippen molar-refractivity contribution in [1.82, 2.24) is 15.1 Å². The molecule has 3 heteroatoms. The molecule has 0 amide bonds. The lowest BCUT2D eigenvalue weighted by Crippen LogP contribution is -2.46. The molecule has 0 saturated carbocycles. The Balaban J connectivity index is 1.78. The molecule has 0 spiro atoms. The monoisotopic (exact) mass is 281 g/mol. The van der Waals surface area contributed by atoms with Crippen LogP contribution in [0.15, 0.2) is 0 Å². The molecule has 2 aliphatic heterocycles. The fourth-order valence-electron chi connectivity index (χ4n) is 3.83. The van der Waals surface area contributed by atoms with Crippen molar-refractivity contribution in [2.24, 2.45) is 5.92 Å². The molecule has 0 bridgehead atoms. The van der Waals surface area contributed by atoms with Crippen molar-refractivity contribution in [3.05, 3.63) is 0 Å². The minimum absolute atomic E-state index is 0.671. The van der Waals surface area contributed by atoms with E-state index >= 15 is 0 Å². The second-order valence-corrected chi connectivity index (χ2v) is 6.85. The lowest BCUT2D eigenvalue weighted by molar-refractivity contribution is 0.157. The van der Waals surface area contributed by atoms with Crippen LogP contribution < -0.4 is 5.32 Å². The first kappa shape index (κ1) is 16.3. The maximum absolute atomic E-state index is 3.70. The van der Waals surface area contributed by atoms with E-state index < -0.39 is 0 Å². The van der Waals surface area contributed by atoms with E-state index in [1.807, 2.05) is 0 Å². The van der Waals surface area contributed by atoms with Crippen LogP contribution in [0.5, 0.6) is 0 Å². The van der Waals surface area contributed by atoms with Crippen molar-refractivity contribution in [2.75, 3.05) is 39.3 Å². The Morgan fingerprint density at radius 1 is 1.10 bits per heavy atom. The Labute approximate surface area is 126 Å². The molecule has 3 nitrogen and oxygen atoms in total. The fourth-order valence-corrected chi connectivity index (χ4v) is 3.83. The molecule has 3 unspecified atom stereocenters. The first-order valence-corrected chi connectivity index (χ1v) is 8.94. The van der Waals surface area contributed by atoms with Crippen LogP contribution in [0.25, 0.3) is 0 Å². The number of hydrogen-bond donors (Lipinski definition) is 1. The maximum Gasteiger partial charge on any atom is 0.0235 e. The molecule has 2 rings (SSSR count). The third kappa shape index (κ3) is 4.44. The summed E-state index contributed by atoms with van der Waals surface area (Å²) in [6.07, 6.45) is 6.95. The van der Waals surface area contributed by atoms with Crippen molar-refractivity contribution in [3.63, 3.8) is 0 Å². The number of piperidine rings is 1. The second kappa shape index (κ2) is 8.35. The van der Waals surface area contributed by atoms with Gasteiger partial charge in [-0.2, -0.15) is 0 Å². The van der Waals surface area contributed by atoms with Gasteiger partial charge in [-0.25, -0.2) is 0 Å². The number of nitrogens with zero attached hydrogens (tertiary/aromatic N) is 2. The van der Waals surface area contributed by atoms with Crippen molar-refractivity contribution in [2.45, 2.75) is 65.0 Å². The molecule has 2 heterocycles. The Kier molecular flexibility index (Phi) is 6.79. The molecule has 0 aromatic heterocycles. The highest BCUT2D eigenvalue weighted by Gasteiger charge is 2.30. The average molecular weight is 281 g/mol. The van der Waals surface area contributed by atoms with Crippen LogP contribution in [0, 0.1) is 5.92 Å². The van der Waals surface area contributed by atoms with E-state index in [2.05, 4.69) is 35.9 Å². The minimum atomic E-state index is 0.671. The SMILES string of the molecule is CCNC(CN1CCC(N2CCCCC2)C1)C(C)CC. The highest BCUT2D eigenvalue weighted by Crippen LogP contribution is 2.21. The van der Waals surface area contributed by atoms with E-state index in [9.17, 15) is 0 Å². The number of nitrogens with one attached hydrogen (secondary N) is 1. The van der Waals surface area contributed by atoms with E-state index in [-0.39, 0.29) is 0 Å². The summed E-state index contributed by atoms with van der Waals surface area (Å²) < 4.78 is 0. The molecule has 2 aliphatic rings. The largest absolute Gasteiger partial charge is 0.313 e.